The van der Waals surface area contributed by atoms with Crippen molar-refractivity contribution < 1.29 is 23.9 Å². The molecular weight excluding hydrogens is 322 g/mol. The molecule has 0 spiro atoms. The molecule has 0 bridgehead atoms. The highest BCUT2D eigenvalue weighted by atomic mass is 16.6. The fourth-order valence-electron chi connectivity index (χ4n) is 2.03. The number of hydrogen-bond donors (Lipinski definition) is 1. The summed E-state index contributed by atoms with van der Waals surface area (Å²) in [5, 5.41) is 2.57. The molecule has 0 heterocycles. The minimum Gasteiger partial charge on any atom is -0.464 e. The van der Waals surface area contributed by atoms with Crippen molar-refractivity contribution in [3.63, 3.8) is 0 Å². The van der Waals surface area contributed by atoms with Crippen LogP contribution >= 0.6 is 0 Å². The number of unbranched alkanes of at least 4 members (excludes halogenated alkanes) is 1. The summed E-state index contributed by atoms with van der Waals surface area (Å²) in [5.74, 6) is -0.501. The topological polar surface area (TPSA) is 81.7 Å². The van der Waals surface area contributed by atoms with Gasteiger partial charge >= 0.3 is 12.1 Å². The van der Waals surface area contributed by atoms with Crippen LogP contribution in [0.2, 0.25) is 0 Å². The van der Waals surface area contributed by atoms with Crippen LogP contribution in [0.25, 0.3) is 0 Å². The number of amides is 1. The van der Waals surface area contributed by atoms with Gasteiger partial charge in [-0.25, -0.2) is 9.59 Å². The Morgan fingerprint density at radius 3 is 2.36 bits per heavy atom. The fraction of sp³-hybridized carbons (Fsp3) is 0.526. The molecule has 1 rings (SSSR count). The van der Waals surface area contributed by atoms with E-state index in [2.05, 4.69) is 5.32 Å². The summed E-state index contributed by atoms with van der Waals surface area (Å²) in [6.45, 7) is 7.56. The van der Waals surface area contributed by atoms with Crippen molar-refractivity contribution in [2.75, 3.05) is 6.61 Å². The number of alkyl carbamates (subject to hydrolysis) is 1. The molecule has 6 nitrogen and oxygen atoms in total. The molecule has 138 valence electrons. The van der Waals surface area contributed by atoms with Gasteiger partial charge in [-0.1, -0.05) is 37.6 Å². The van der Waals surface area contributed by atoms with E-state index >= 15 is 0 Å². The van der Waals surface area contributed by atoms with E-state index in [0.717, 1.165) is 24.7 Å². The molecule has 0 aliphatic carbocycles. The van der Waals surface area contributed by atoms with Gasteiger partial charge in [-0.3, -0.25) is 4.79 Å². The van der Waals surface area contributed by atoms with E-state index < -0.39 is 23.7 Å². The molecule has 0 unspecified atom stereocenters. The van der Waals surface area contributed by atoms with Crippen LogP contribution in [-0.2, 0) is 20.7 Å². The Hall–Kier alpha value is -2.37. The molecule has 1 aromatic carbocycles. The van der Waals surface area contributed by atoms with Gasteiger partial charge in [0.25, 0.3) is 0 Å². The molecule has 1 atom stereocenters. The van der Waals surface area contributed by atoms with Crippen molar-refractivity contribution in [1.29, 1.82) is 0 Å². The number of carbonyl (C=O) groups is 3. The molecule has 0 aliphatic rings. The largest absolute Gasteiger partial charge is 0.464 e. The Balaban J connectivity index is 2.79. The van der Waals surface area contributed by atoms with Crippen LogP contribution in [0, 0.1) is 0 Å². The molecule has 0 fully saturated rings. The van der Waals surface area contributed by atoms with Crippen LogP contribution in [0.3, 0.4) is 0 Å². The molecule has 6 heteroatoms. The van der Waals surface area contributed by atoms with Crippen LogP contribution < -0.4 is 5.32 Å². The van der Waals surface area contributed by atoms with Gasteiger partial charge in [0.1, 0.15) is 17.9 Å². The molecule has 25 heavy (non-hydrogen) atoms. The number of carbonyl (C=O) groups excluding carboxylic acids is 3. The molecule has 0 aliphatic heterocycles. The second-order valence-electron chi connectivity index (χ2n) is 6.78. The maximum absolute atomic E-state index is 12.3. The Labute approximate surface area is 148 Å². The highest BCUT2D eigenvalue weighted by Crippen LogP contribution is 2.10. The van der Waals surface area contributed by atoms with Crippen molar-refractivity contribution in [3.8, 4) is 0 Å². The number of ether oxygens (including phenoxy) is 2. The van der Waals surface area contributed by atoms with Gasteiger partial charge in [0.15, 0.2) is 0 Å². The number of benzene rings is 1. The molecule has 0 radical (unpaired) electrons. The highest BCUT2D eigenvalue weighted by Gasteiger charge is 2.25. The Bertz CT molecular complexity index is 574. The molecule has 0 saturated heterocycles. The highest BCUT2D eigenvalue weighted by molar-refractivity contribution is 5.82. The summed E-state index contributed by atoms with van der Waals surface area (Å²) < 4.78 is 10.4. The van der Waals surface area contributed by atoms with Crippen LogP contribution in [0.15, 0.2) is 24.3 Å². The lowest BCUT2D eigenvalue weighted by molar-refractivity contribution is -0.146. The second kappa shape index (κ2) is 9.81. The Morgan fingerprint density at radius 1 is 1.20 bits per heavy atom. The Kier molecular flexibility index (Phi) is 8.11. The van der Waals surface area contributed by atoms with E-state index in [-0.39, 0.29) is 6.42 Å². The molecule has 1 N–H and O–H groups in total. The zero-order valence-electron chi connectivity index (χ0n) is 15.3. The van der Waals surface area contributed by atoms with Crippen molar-refractivity contribution >= 4 is 18.3 Å². The van der Waals surface area contributed by atoms with E-state index in [9.17, 15) is 14.4 Å². The van der Waals surface area contributed by atoms with E-state index in [0.29, 0.717) is 12.2 Å². The first kappa shape index (κ1) is 20.7. The lowest BCUT2D eigenvalue weighted by Crippen LogP contribution is -2.45. The summed E-state index contributed by atoms with van der Waals surface area (Å²) >= 11 is 0. The third kappa shape index (κ3) is 8.33. The van der Waals surface area contributed by atoms with Crippen LogP contribution in [0.5, 0.6) is 0 Å². The zero-order valence-corrected chi connectivity index (χ0v) is 15.3. The first-order chi connectivity index (χ1) is 11.7. The smallest absolute Gasteiger partial charge is 0.408 e. The molecule has 1 amide bonds. The zero-order chi connectivity index (χ0) is 18.9. The molecule has 0 aromatic heterocycles. The number of nitrogens with one attached hydrogen (secondary N) is 1. The van der Waals surface area contributed by atoms with Gasteiger partial charge in [-0.05, 0) is 32.8 Å². The lowest BCUT2D eigenvalue weighted by atomic mass is 10.0. The van der Waals surface area contributed by atoms with Gasteiger partial charge in [0.05, 0.1) is 6.61 Å². The molecular formula is C19H27NO5. The van der Waals surface area contributed by atoms with Gasteiger partial charge in [-0.2, -0.15) is 0 Å². The average molecular weight is 349 g/mol. The predicted molar refractivity (Wildman–Crippen MR) is 94.6 cm³/mol. The summed E-state index contributed by atoms with van der Waals surface area (Å²) in [6.07, 6.45) is 2.00. The van der Waals surface area contributed by atoms with Crippen molar-refractivity contribution in [2.45, 2.75) is 58.6 Å². The number of rotatable bonds is 8. The van der Waals surface area contributed by atoms with Gasteiger partial charge in [0.2, 0.25) is 0 Å². The van der Waals surface area contributed by atoms with E-state index in [4.69, 9.17) is 9.47 Å². The van der Waals surface area contributed by atoms with Crippen molar-refractivity contribution in [3.05, 3.63) is 35.4 Å². The molecule has 1 aromatic rings. The first-order valence-corrected chi connectivity index (χ1v) is 8.45. The summed E-state index contributed by atoms with van der Waals surface area (Å²) in [7, 11) is 0. The lowest BCUT2D eigenvalue weighted by Gasteiger charge is -2.23. The van der Waals surface area contributed by atoms with Crippen LogP contribution in [0.4, 0.5) is 4.79 Å². The molecule has 0 saturated carbocycles. The van der Waals surface area contributed by atoms with Gasteiger partial charge < -0.3 is 14.8 Å². The number of esters is 1. The average Bonchev–Trinajstić information content (AvgIpc) is 2.53. The predicted octanol–water partition coefficient (Wildman–Crippen LogP) is 3.28. The quantitative estimate of drug-likeness (QED) is 0.442. The van der Waals surface area contributed by atoms with E-state index in [1.165, 1.54) is 0 Å². The van der Waals surface area contributed by atoms with Crippen molar-refractivity contribution in [2.24, 2.45) is 0 Å². The maximum Gasteiger partial charge on any atom is 0.408 e. The monoisotopic (exact) mass is 349 g/mol. The van der Waals surface area contributed by atoms with Gasteiger partial charge in [-0.15, -0.1) is 0 Å². The minimum atomic E-state index is -0.853. The third-order valence-electron chi connectivity index (χ3n) is 3.27. The maximum atomic E-state index is 12.3. The summed E-state index contributed by atoms with van der Waals surface area (Å²) in [5.41, 5.74) is 0.692. The summed E-state index contributed by atoms with van der Waals surface area (Å²) in [6, 6.07) is 5.96. The fourth-order valence-corrected chi connectivity index (χ4v) is 2.03. The van der Waals surface area contributed by atoms with Crippen LogP contribution in [0.1, 0.15) is 56.5 Å². The number of hydrogen-bond acceptors (Lipinski definition) is 5. The van der Waals surface area contributed by atoms with Crippen molar-refractivity contribution in [1.82, 2.24) is 5.32 Å². The van der Waals surface area contributed by atoms with Gasteiger partial charge in [0, 0.05) is 12.0 Å². The number of aldehydes is 1. The van der Waals surface area contributed by atoms with E-state index in [1.54, 1.807) is 45.0 Å². The normalized spacial score (nSPS) is 12.2. The minimum absolute atomic E-state index is 0.253. The second-order valence-corrected chi connectivity index (χ2v) is 6.78. The van der Waals surface area contributed by atoms with E-state index in [1.807, 2.05) is 6.92 Å². The van der Waals surface area contributed by atoms with Crippen LogP contribution in [-0.4, -0.2) is 36.6 Å². The summed E-state index contributed by atoms with van der Waals surface area (Å²) in [4.78, 5) is 35.0. The first-order valence-electron chi connectivity index (χ1n) is 8.45. The Morgan fingerprint density at radius 2 is 1.84 bits per heavy atom. The SMILES string of the molecule is CCCCOC(=O)[C@H](Cc1ccc(C=O)cc1)NC(=O)OC(C)(C)C. The third-order valence-corrected chi connectivity index (χ3v) is 3.27. The standard InChI is InChI=1S/C19H27NO5/c1-5-6-11-24-17(22)16(20-18(23)25-19(2,3)4)12-14-7-9-15(13-21)10-8-14/h7-10,13,16H,5-6,11-12H2,1-4H3,(H,20,23)/t16-/m0/s1.